The Morgan fingerprint density at radius 1 is 1.26 bits per heavy atom. The van der Waals surface area contributed by atoms with Gasteiger partial charge >= 0.3 is 0 Å². The summed E-state index contributed by atoms with van der Waals surface area (Å²) in [7, 11) is -3.78. The van der Waals surface area contributed by atoms with Gasteiger partial charge in [0.25, 0.3) is 0 Å². The van der Waals surface area contributed by atoms with Crippen molar-refractivity contribution in [3.63, 3.8) is 0 Å². The van der Waals surface area contributed by atoms with E-state index in [9.17, 15) is 26.8 Å². The molecule has 3 rings (SSSR count). The van der Waals surface area contributed by atoms with E-state index < -0.39 is 45.7 Å². The number of benzene rings is 1. The first-order valence-electron chi connectivity index (χ1n) is 11.7. The molecule has 4 atom stereocenters. The molecular weight excluding hydrogens is 480 g/mol. The Balaban J connectivity index is 1.71. The first kappa shape index (κ1) is 26.9. The number of hydrogen-bond acceptors (Lipinski definition) is 6. The average molecular weight is 512 g/mol. The molecule has 9 nitrogen and oxygen atoms in total. The maximum absolute atomic E-state index is 14.1. The van der Waals surface area contributed by atoms with Crippen LogP contribution in [-0.4, -0.2) is 67.6 Å². The number of carbonyl (C=O) groups excluding carboxylic acids is 2. The summed E-state index contributed by atoms with van der Waals surface area (Å²) in [5.41, 5.74) is 0.138. The van der Waals surface area contributed by atoms with Gasteiger partial charge in [0.1, 0.15) is 29.6 Å². The third kappa shape index (κ3) is 6.91. The number of nitrogens with one attached hydrogen (secondary N) is 2. The summed E-state index contributed by atoms with van der Waals surface area (Å²) in [5, 5.41) is 2.65. The Morgan fingerprint density at radius 3 is 2.66 bits per heavy atom. The zero-order chi connectivity index (χ0) is 25.8. The average Bonchev–Trinajstić information content (AvgIpc) is 3.29. The molecule has 192 valence electrons. The lowest BCUT2D eigenvalue weighted by Gasteiger charge is -2.34. The van der Waals surface area contributed by atoms with Crippen molar-refractivity contribution in [2.75, 3.05) is 12.3 Å². The van der Waals surface area contributed by atoms with Crippen molar-refractivity contribution >= 4 is 33.9 Å². The van der Waals surface area contributed by atoms with Crippen molar-refractivity contribution in [3.8, 4) is 0 Å². The monoisotopic (exact) mass is 511 g/mol. The van der Waals surface area contributed by atoms with Crippen LogP contribution in [0.5, 0.6) is 0 Å². The number of likely N-dealkylation sites (tertiary alicyclic amines) is 1. The Labute approximate surface area is 204 Å². The van der Waals surface area contributed by atoms with Gasteiger partial charge in [-0.15, -0.1) is 0 Å². The Morgan fingerprint density at radius 2 is 2.00 bits per heavy atom. The van der Waals surface area contributed by atoms with E-state index in [1.807, 2.05) is 6.92 Å². The molecule has 2 amide bonds. The molecule has 0 aromatic heterocycles. The molecule has 0 aliphatic carbocycles. The topological polar surface area (TPSA) is 120 Å². The van der Waals surface area contributed by atoms with Gasteiger partial charge in [-0.2, -0.15) is 0 Å². The number of nitrogens with zero attached hydrogens (tertiary/aromatic N) is 3. The molecule has 2 N–H and O–H groups in total. The third-order valence-electron chi connectivity index (χ3n) is 6.17. The van der Waals surface area contributed by atoms with Gasteiger partial charge in [-0.3, -0.25) is 14.6 Å². The molecule has 35 heavy (non-hydrogen) atoms. The maximum Gasteiger partial charge on any atom is 0.239 e. The van der Waals surface area contributed by atoms with Crippen molar-refractivity contribution < 1.29 is 26.8 Å². The number of piperidine rings is 1. The van der Waals surface area contributed by atoms with Crippen LogP contribution >= 0.6 is 0 Å². The summed E-state index contributed by atoms with van der Waals surface area (Å²) < 4.78 is 54.0. The van der Waals surface area contributed by atoms with Gasteiger partial charge in [-0.1, -0.05) is 6.07 Å². The minimum atomic E-state index is -3.78. The summed E-state index contributed by atoms with van der Waals surface area (Å²) in [6.07, 6.45) is 3.79. The second-order valence-electron chi connectivity index (χ2n) is 8.82. The summed E-state index contributed by atoms with van der Waals surface area (Å²) in [5.74, 6) is -2.51. The summed E-state index contributed by atoms with van der Waals surface area (Å²) in [4.78, 5) is 36.0. The van der Waals surface area contributed by atoms with Crippen molar-refractivity contribution in [2.45, 2.75) is 70.6 Å². The molecule has 0 saturated carbocycles. The van der Waals surface area contributed by atoms with Gasteiger partial charge in [-0.25, -0.2) is 26.9 Å². The zero-order valence-corrected chi connectivity index (χ0v) is 20.8. The van der Waals surface area contributed by atoms with Crippen molar-refractivity contribution in [1.82, 2.24) is 14.9 Å². The van der Waals surface area contributed by atoms with Crippen molar-refractivity contribution in [3.05, 3.63) is 35.4 Å². The number of hydrogen-bond donors (Lipinski definition) is 2. The number of halogens is 2. The molecule has 0 bridgehead atoms. The van der Waals surface area contributed by atoms with Crippen LogP contribution in [0.1, 0.15) is 58.1 Å². The Hall–Kier alpha value is -2.73. The zero-order valence-electron chi connectivity index (χ0n) is 20.0. The van der Waals surface area contributed by atoms with Crippen LogP contribution < -0.4 is 10.0 Å². The molecule has 1 fully saturated rings. The molecule has 2 heterocycles. The van der Waals surface area contributed by atoms with E-state index in [-0.39, 0.29) is 35.5 Å². The van der Waals surface area contributed by atoms with E-state index in [0.717, 1.165) is 31.4 Å². The fourth-order valence-corrected chi connectivity index (χ4v) is 4.89. The largest absolute Gasteiger partial charge is 0.345 e. The molecule has 0 spiro atoms. The molecule has 2 aliphatic heterocycles. The predicted molar refractivity (Wildman–Crippen MR) is 129 cm³/mol. The number of rotatable bonds is 9. The van der Waals surface area contributed by atoms with Gasteiger partial charge in [0.05, 0.1) is 18.2 Å². The van der Waals surface area contributed by atoms with E-state index in [0.29, 0.717) is 6.54 Å². The second kappa shape index (κ2) is 11.3. The fraction of sp³-hybridized carbons (Fsp3) is 0.565. The molecule has 0 radical (unpaired) electrons. The van der Waals surface area contributed by atoms with Gasteiger partial charge in [0.15, 0.2) is 0 Å². The highest BCUT2D eigenvalue weighted by Gasteiger charge is 2.32. The molecule has 1 aromatic carbocycles. The van der Waals surface area contributed by atoms with E-state index in [2.05, 4.69) is 20.0 Å². The predicted octanol–water partition coefficient (Wildman–Crippen LogP) is 2.09. The highest BCUT2D eigenvalue weighted by atomic mass is 32.2. The SMILES string of the molecule is CCS(=O)(=O)N[C@@H](CC(=O)N1CCCC[C@@H]1C)C(=O)N[C@@H](C)C1=NC(c2ccc(F)cc2F)C=N1. The lowest BCUT2D eigenvalue weighted by Crippen LogP contribution is -2.53. The van der Waals surface area contributed by atoms with Crippen LogP contribution in [0.15, 0.2) is 28.2 Å². The van der Waals surface area contributed by atoms with E-state index in [1.165, 1.54) is 19.2 Å². The van der Waals surface area contributed by atoms with Crippen LogP contribution in [0.2, 0.25) is 0 Å². The van der Waals surface area contributed by atoms with Crippen LogP contribution in [0.3, 0.4) is 0 Å². The Kier molecular flexibility index (Phi) is 8.70. The van der Waals surface area contributed by atoms with Crippen LogP contribution in [0.4, 0.5) is 8.78 Å². The van der Waals surface area contributed by atoms with Crippen LogP contribution in [0.25, 0.3) is 0 Å². The highest BCUT2D eigenvalue weighted by molar-refractivity contribution is 7.89. The van der Waals surface area contributed by atoms with Gasteiger partial charge in [0.2, 0.25) is 21.8 Å². The van der Waals surface area contributed by atoms with Gasteiger partial charge in [-0.05, 0) is 46.1 Å². The normalized spacial score (nSPS) is 22.0. The number of amidine groups is 1. The van der Waals surface area contributed by atoms with Crippen LogP contribution in [-0.2, 0) is 19.6 Å². The van der Waals surface area contributed by atoms with E-state index >= 15 is 0 Å². The lowest BCUT2D eigenvalue weighted by atomic mass is 10.0. The summed E-state index contributed by atoms with van der Waals surface area (Å²) in [6, 6.07) is 0.349. The minimum absolute atomic E-state index is 0.0210. The van der Waals surface area contributed by atoms with Crippen molar-refractivity contribution in [1.29, 1.82) is 0 Å². The number of sulfonamides is 1. The third-order valence-corrected chi connectivity index (χ3v) is 7.57. The standard InChI is InChI=1S/C23H31F2N5O4S/c1-4-35(33,34)29-19(12-21(31)30-10-6-5-7-14(30)2)23(32)27-15(3)22-26-13-20(28-22)17-9-8-16(24)11-18(17)25/h8-9,11,13-15,19-20,29H,4-7,10,12H2,1-3H3,(H,27,32)/t14-,15-,19-,20?/m0/s1. The van der Waals surface area contributed by atoms with Crippen molar-refractivity contribution in [2.24, 2.45) is 9.98 Å². The fourth-order valence-electron chi connectivity index (χ4n) is 4.10. The smallest absolute Gasteiger partial charge is 0.239 e. The molecule has 1 aromatic rings. The van der Waals surface area contributed by atoms with Gasteiger partial charge < -0.3 is 10.2 Å². The summed E-state index contributed by atoms with van der Waals surface area (Å²) in [6.45, 7) is 5.53. The van der Waals surface area contributed by atoms with Crippen LogP contribution in [0, 0.1) is 11.6 Å². The van der Waals surface area contributed by atoms with E-state index in [4.69, 9.17) is 0 Å². The molecule has 12 heteroatoms. The van der Waals surface area contributed by atoms with Gasteiger partial charge in [0, 0.05) is 30.4 Å². The van der Waals surface area contributed by atoms with E-state index in [1.54, 1.807) is 11.8 Å². The second-order valence-corrected chi connectivity index (χ2v) is 10.9. The first-order valence-corrected chi connectivity index (χ1v) is 13.3. The number of carbonyl (C=O) groups is 2. The molecule has 2 aliphatic rings. The quantitative estimate of drug-likeness (QED) is 0.527. The number of amides is 2. The lowest BCUT2D eigenvalue weighted by molar-refractivity contribution is -0.137. The molecular formula is C23H31F2N5O4S. The number of aliphatic imine (C=N–C) groups is 2. The maximum atomic E-state index is 14.1. The molecule has 1 saturated heterocycles. The summed E-state index contributed by atoms with van der Waals surface area (Å²) >= 11 is 0. The molecule has 1 unspecified atom stereocenters. The Bertz CT molecular complexity index is 1120. The minimum Gasteiger partial charge on any atom is -0.345 e. The first-order chi connectivity index (χ1) is 16.5. The highest BCUT2D eigenvalue weighted by Crippen LogP contribution is 2.24.